The molecule has 0 aromatic heterocycles. The topological polar surface area (TPSA) is 20.2 Å². The van der Waals surface area contributed by atoms with E-state index in [1.807, 2.05) is 12.1 Å². The molecule has 1 aliphatic carbocycles. The highest BCUT2D eigenvalue weighted by Gasteiger charge is 2.32. The maximum absolute atomic E-state index is 9.86. The number of phenolic OH excluding ortho intramolecular Hbond substituents is 1. The molecule has 3 atom stereocenters. The largest absolute Gasteiger partial charge is 0.508 e. The van der Waals surface area contributed by atoms with Gasteiger partial charge in [-0.05, 0) is 72.6 Å². The van der Waals surface area contributed by atoms with Gasteiger partial charge in [-0.25, -0.2) is 0 Å². The van der Waals surface area contributed by atoms with Crippen LogP contribution in [-0.4, -0.2) is 5.11 Å². The smallest absolute Gasteiger partial charge is 0.115 e. The minimum absolute atomic E-state index is 0.426. The number of benzene rings is 1. The van der Waals surface area contributed by atoms with Crippen molar-refractivity contribution in [3.63, 3.8) is 0 Å². The van der Waals surface area contributed by atoms with E-state index >= 15 is 0 Å². The third-order valence-electron chi connectivity index (χ3n) is 5.35. The highest BCUT2D eigenvalue weighted by Crippen LogP contribution is 2.45. The maximum atomic E-state index is 9.86. The van der Waals surface area contributed by atoms with Crippen molar-refractivity contribution in [3.8, 4) is 5.75 Å². The van der Waals surface area contributed by atoms with Crippen molar-refractivity contribution in [2.75, 3.05) is 0 Å². The molecule has 0 radical (unpaired) electrons. The number of aryl methyl sites for hydroxylation is 1. The molecular formula is C20H32O. The van der Waals surface area contributed by atoms with Gasteiger partial charge in [-0.3, -0.25) is 0 Å². The first-order valence-corrected chi connectivity index (χ1v) is 8.84. The average Bonchev–Trinajstić information content (AvgIpc) is 2.44. The van der Waals surface area contributed by atoms with Gasteiger partial charge < -0.3 is 5.11 Å². The van der Waals surface area contributed by atoms with Crippen LogP contribution >= 0.6 is 0 Å². The van der Waals surface area contributed by atoms with Crippen molar-refractivity contribution in [2.24, 2.45) is 17.8 Å². The second-order valence-electron chi connectivity index (χ2n) is 7.42. The fourth-order valence-corrected chi connectivity index (χ4v) is 4.10. The molecule has 118 valence electrons. The van der Waals surface area contributed by atoms with Gasteiger partial charge in [0.1, 0.15) is 5.75 Å². The van der Waals surface area contributed by atoms with E-state index in [9.17, 15) is 5.11 Å². The summed E-state index contributed by atoms with van der Waals surface area (Å²) in [7, 11) is 0. The highest BCUT2D eigenvalue weighted by atomic mass is 16.3. The summed E-state index contributed by atoms with van der Waals surface area (Å²) in [4.78, 5) is 0. The summed E-state index contributed by atoms with van der Waals surface area (Å²) in [6, 6.07) is 6.11. The molecule has 0 saturated heterocycles. The highest BCUT2D eigenvalue weighted by molar-refractivity contribution is 5.38. The number of hydrogen-bond donors (Lipinski definition) is 1. The zero-order chi connectivity index (χ0) is 15.4. The number of unbranched alkanes of at least 4 members (excludes halogenated alkanes) is 1. The van der Waals surface area contributed by atoms with E-state index in [0.29, 0.717) is 11.7 Å². The summed E-state index contributed by atoms with van der Waals surface area (Å²) in [5.41, 5.74) is 2.91. The van der Waals surface area contributed by atoms with Crippen LogP contribution in [0.3, 0.4) is 0 Å². The summed E-state index contributed by atoms with van der Waals surface area (Å²) in [5, 5.41) is 9.86. The Bertz CT molecular complexity index is 449. The molecule has 1 aromatic rings. The molecule has 1 saturated carbocycles. The van der Waals surface area contributed by atoms with Gasteiger partial charge >= 0.3 is 0 Å². The van der Waals surface area contributed by atoms with Crippen molar-refractivity contribution in [2.45, 2.75) is 72.1 Å². The predicted octanol–water partition coefficient (Wildman–Crippen LogP) is 5.91. The van der Waals surface area contributed by atoms with E-state index in [1.54, 1.807) is 0 Å². The summed E-state index contributed by atoms with van der Waals surface area (Å²) in [6.07, 6.45) is 7.58. The number of phenols is 1. The Morgan fingerprint density at radius 2 is 2.00 bits per heavy atom. The fraction of sp³-hybridized carbons (Fsp3) is 0.700. The first kappa shape index (κ1) is 16.4. The quantitative estimate of drug-likeness (QED) is 0.714. The molecule has 1 heteroatoms. The third-order valence-corrected chi connectivity index (χ3v) is 5.35. The van der Waals surface area contributed by atoms with E-state index in [2.05, 4.69) is 33.8 Å². The molecule has 0 bridgehead atoms. The molecule has 0 spiro atoms. The van der Waals surface area contributed by atoms with Crippen molar-refractivity contribution in [1.82, 2.24) is 0 Å². The third kappa shape index (κ3) is 4.02. The molecule has 1 fully saturated rings. The van der Waals surface area contributed by atoms with Crippen LogP contribution in [0.4, 0.5) is 0 Å². The van der Waals surface area contributed by atoms with Crippen LogP contribution in [0.5, 0.6) is 5.75 Å². The second kappa shape index (κ2) is 7.33. The lowest BCUT2D eigenvalue weighted by molar-refractivity contribution is 0.196. The molecule has 3 unspecified atom stereocenters. The lowest BCUT2D eigenvalue weighted by Crippen LogP contribution is -2.26. The van der Waals surface area contributed by atoms with E-state index in [-0.39, 0.29) is 0 Å². The van der Waals surface area contributed by atoms with E-state index < -0.39 is 0 Å². The van der Waals surface area contributed by atoms with Gasteiger partial charge in [0.2, 0.25) is 0 Å². The molecule has 1 nitrogen and oxygen atoms in total. The monoisotopic (exact) mass is 288 g/mol. The van der Waals surface area contributed by atoms with Gasteiger partial charge in [-0.15, -0.1) is 0 Å². The van der Waals surface area contributed by atoms with Crippen LogP contribution in [0.1, 0.15) is 76.8 Å². The number of rotatable bonds is 5. The van der Waals surface area contributed by atoms with Crippen LogP contribution in [0.15, 0.2) is 18.2 Å². The van der Waals surface area contributed by atoms with Crippen molar-refractivity contribution in [3.05, 3.63) is 29.3 Å². The average molecular weight is 288 g/mol. The van der Waals surface area contributed by atoms with Gasteiger partial charge in [0.25, 0.3) is 0 Å². The summed E-state index contributed by atoms with van der Waals surface area (Å²) in [5.74, 6) is 3.48. The Hall–Kier alpha value is -0.980. The van der Waals surface area contributed by atoms with Gasteiger partial charge in [0, 0.05) is 0 Å². The van der Waals surface area contributed by atoms with E-state index in [1.165, 1.54) is 43.2 Å². The van der Waals surface area contributed by atoms with Crippen LogP contribution in [-0.2, 0) is 6.42 Å². The molecule has 1 aromatic carbocycles. The van der Waals surface area contributed by atoms with Crippen LogP contribution in [0.25, 0.3) is 0 Å². The molecule has 2 rings (SSSR count). The molecule has 0 heterocycles. The number of aromatic hydroxyl groups is 1. The fourth-order valence-electron chi connectivity index (χ4n) is 4.10. The first-order chi connectivity index (χ1) is 10.0. The summed E-state index contributed by atoms with van der Waals surface area (Å²) in [6.45, 7) is 9.39. The maximum Gasteiger partial charge on any atom is 0.115 e. The SMILES string of the molecule is CCCCc1cc(O)ccc1C1CC(C)CCC1C(C)C. The zero-order valence-electron chi connectivity index (χ0n) is 14.2. The van der Waals surface area contributed by atoms with Crippen molar-refractivity contribution in [1.29, 1.82) is 0 Å². The zero-order valence-corrected chi connectivity index (χ0v) is 14.2. The van der Waals surface area contributed by atoms with Crippen LogP contribution in [0.2, 0.25) is 0 Å². The van der Waals surface area contributed by atoms with E-state index in [4.69, 9.17) is 0 Å². The normalized spacial score (nSPS) is 26.2. The van der Waals surface area contributed by atoms with Crippen molar-refractivity contribution >= 4 is 0 Å². The lowest BCUT2D eigenvalue weighted by atomic mass is 9.66. The van der Waals surface area contributed by atoms with E-state index in [0.717, 1.165) is 24.2 Å². The first-order valence-electron chi connectivity index (χ1n) is 8.84. The van der Waals surface area contributed by atoms with Gasteiger partial charge in [0.15, 0.2) is 0 Å². The molecule has 1 N–H and O–H groups in total. The Morgan fingerprint density at radius 3 is 2.67 bits per heavy atom. The Labute approximate surface area is 130 Å². The Balaban J connectivity index is 2.32. The molecule has 0 aliphatic heterocycles. The van der Waals surface area contributed by atoms with Gasteiger partial charge in [-0.2, -0.15) is 0 Å². The van der Waals surface area contributed by atoms with Gasteiger partial charge in [0.05, 0.1) is 0 Å². The molecule has 0 amide bonds. The summed E-state index contributed by atoms with van der Waals surface area (Å²) < 4.78 is 0. The van der Waals surface area contributed by atoms with Gasteiger partial charge in [-0.1, -0.05) is 46.6 Å². The molecular weight excluding hydrogens is 256 g/mol. The van der Waals surface area contributed by atoms with Crippen LogP contribution < -0.4 is 0 Å². The minimum Gasteiger partial charge on any atom is -0.508 e. The van der Waals surface area contributed by atoms with Crippen LogP contribution in [0, 0.1) is 17.8 Å². The lowest BCUT2D eigenvalue weighted by Gasteiger charge is -2.38. The number of hydrogen-bond acceptors (Lipinski definition) is 1. The van der Waals surface area contributed by atoms with Crippen molar-refractivity contribution < 1.29 is 5.11 Å². The minimum atomic E-state index is 0.426. The predicted molar refractivity (Wildman–Crippen MR) is 90.8 cm³/mol. The molecule has 1 aliphatic rings. The molecule has 21 heavy (non-hydrogen) atoms. The Morgan fingerprint density at radius 1 is 1.24 bits per heavy atom. The standard InChI is InChI=1S/C20H32O/c1-5-6-7-16-13-17(21)9-11-19(16)20-12-15(4)8-10-18(20)14(2)3/h9,11,13-15,18,20-21H,5-8,10,12H2,1-4H3. The second-order valence-corrected chi connectivity index (χ2v) is 7.42. The Kier molecular flexibility index (Phi) is 5.72. The summed E-state index contributed by atoms with van der Waals surface area (Å²) >= 11 is 0.